The number of benzene rings is 2. The van der Waals surface area contributed by atoms with Gasteiger partial charge in [-0.2, -0.15) is 0 Å². The Morgan fingerprint density at radius 1 is 1.17 bits per heavy atom. The summed E-state index contributed by atoms with van der Waals surface area (Å²) in [4.78, 5) is 24.9. The highest BCUT2D eigenvalue weighted by molar-refractivity contribution is 9.10. The summed E-state index contributed by atoms with van der Waals surface area (Å²) in [5.74, 6) is -0.0957. The van der Waals surface area contributed by atoms with Crippen LogP contribution in [0.4, 0.5) is 0 Å². The maximum absolute atomic E-state index is 13.3. The first-order valence-corrected chi connectivity index (χ1v) is 10.6. The lowest BCUT2D eigenvalue weighted by atomic mass is 9.89. The minimum absolute atomic E-state index is 0.202. The fraction of sp³-hybridized carbons (Fsp3) is 0.250. The Morgan fingerprint density at radius 3 is 2.67 bits per heavy atom. The van der Waals surface area contributed by atoms with Gasteiger partial charge in [0, 0.05) is 22.8 Å². The zero-order valence-electron chi connectivity index (χ0n) is 16.9. The van der Waals surface area contributed by atoms with Gasteiger partial charge in [-0.25, -0.2) is 0 Å². The monoisotopic (exact) mass is 467 g/mol. The molecule has 2 heterocycles. The number of carboxylic acids is 1. The number of fused-ring (bicyclic) bond motifs is 1. The number of aryl methyl sites for hydroxylation is 1. The van der Waals surface area contributed by atoms with Crippen molar-refractivity contribution in [3.63, 3.8) is 0 Å². The van der Waals surface area contributed by atoms with Crippen molar-refractivity contribution in [3.8, 4) is 28.0 Å². The van der Waals surface area contributed by atoms with Gasteiger partial charge in [0.05, 0.1) is 18.6 Å². The first kappa shape index (κ1) is 20.4. The first-order chi connectivity index (χ1) is 14.4. The van der Waals surface area contributed by atoms with Crippen molar-refractivity contribution in [2.24, 2.45) is 7.05 Å². The summed E-state index contributed by atoms with van der Waals surface area (Å²) in [7, 11) is 1.65. The summed E-state index contributed by atoms with van der Waals surface area (Å²) in [6, 6.07) is 13.6. The van der Waals surface area contributed by atoms with Gasteiger partial charge in [-0.15, -0.1) is 0 Å². The van der Waals surface area contributed by atoms with Gasteiger partial charge in [0.25, 0.3) is 5.56 Å². The lowest BCUT2D eigenvalue weighted by Crippen LogP contribution is -2.26. The van der Waals surface area contributed by atoms with Gasteiger partial charge >= 0.3 is 5.97 Å². The maximum atomic E-state index is 13.3. The Balaban J connectivity index is 2.02. The van der Waals surface area contributed by atoms with Crippen LogP contribution < -0.4 is 10.3 Å². The van der Waals surface area contributed by atoms with E-state index in [1.54, 1.807) is 7.05 Å². The normalized spacial score (nSPS) is 12.9. The highest BCUT2D eigenvalue weighted by Gasteiger charge is 2.23. The number of carboxylic acid groups (broad SMARTS) is 1. The minimum Gasteiger partial charge on any atom is -0.493 e. The van der Waals surface area contributed by atoms with Crippen molar-refractivity contribution in [1.29, 1.82) is 0 Å². The number of ether oxygens (including phenoxy) is 1. The Morgan fingerprint density at radius 2 is 1.93 bits per heavy atom. The quantitative estimate of drug-likeness (QED) is 0.601. The van der Waals surface area contributed by atoms with E-state index in [2.05, 4.69) is 22.0 Å². The molecular formula is C24H22BrNO4. The first-order valence-electron chi connectivity index (χ1n) is 9.83. The SMILES string of the molecule is Cc1c(-c2ccc3c(c2)CCCO3)c(CC(=O)O)n(C)c(=O)c1-c1cccc(Br)c1. The fourth-order valence-corrected chi connectivity index (χ4v) is 4.59. The Hall–Kier alpha value is -2.86. The van der Waals surface area contributed by atoms with E-state index in [0.717, 1.165) is 50.9 Å². The van der Waals surface area contributed by atoms with Crippen LogP contribution in [0.3, 0.4) is 0 Å². The van der Waals surface area contributed by atoms with Gasteiger partial charge < -0.3 is 14.4 Å². The van der Waals surface area contributed by atoms with E-state index in [9.17, 15) is 14.7 Å². The molecule has 2 aromatic carbocycles. The molecule has 30 heavy (non-hydrogen) atoms. The topological polar surface area (TPSA) is 68.5 Å². The molecule has 0 aliphatic carbocycles. The molecule has 0 fully saturated rings. The molecule has 6 heteroatoms. The Labute approximate surface area is 183 Å². The molecule has 0 unspecified atom stereocenters. The van der Waals surface area contributed by atoms with Crippen LogP contribution >= 0.6 is 15.9 Å². The summed E-state index contributed by atoms with van der Waals surface area (Å²) in [6.07, 6.45) is 1.64. The predicted octanol–water partition coefficient (Wildman–Crippen LogP) is 4.74. The van der Waals surface area contributed by atoms with Crippen molar-refractivity contribution in [3.05, 3.63) is 74.1 Å². The van der Waals surface area contributed by atoms with Gasteiger partial charge in [-0.1, -0.05) is 34.1 Å². The molecule has 4 rings (SSSR count). The van der Waals surface area contributed by atoms with Crippen molar-refractivity contribution in [2.45, 2.75) is 26.2 Å². The average molecular weight is 468 g/mol. The highest BCUT2D eigenvalue weighted by Crippen LogP contribution is 2.36. The van der Waals surface area contributed by atoms with E-state index < -0.39 is 5.97 Å². The van der Waals surface area contributed by atoms with E-state index in [-0.39, 0.29) is 12.0 Å². The highest BCUT2D eigenvalue weighted by atomic mass is 79.9. The van der Waals surface area contributed by atoms with Crippen LogP contribution in [0.2, 0.25) is 0 Å². The molecule has 0 saturated heterocycles. The van der Waals surface area contributed by atoms with Gasteiger partial charge in [-0.05, 0) is 66.3 Å². The summed E-state index contributed by atoms with van der Waals surface area (Å²) < 4.78 is 8.09. The molecule has 0 radical (unpaired) electrons. The molecule has 0 amide bonds. The zero-order chi connectivity index (χ0) is 21.4. The van der Waals surface area contributed by atoms with Crippen molar-refractivity contribution in [1.82, 2.24) is 4.57 Å². The summed E-state index contributed by atoms with van der Waals surface area (Å²) in [5, 5.41) is 9.52. The number of hydrogen-bond donors (Lipinski definition) is 1. The van der Waals surface area contributed by atoms with Crippen molar-refractivity contribution >= 4 is 21.9 Å². The van der Waals surface area contributed by atoms with E-state index in [4.69, 9.17) is 4.74 Å². The Bertz CT molecular complexity index is 1210. The van der Waals surface area contributed by atoms with Gasteiger partial charge in [0.15, 0.2) is 0 Å². The minimum atomic E-state index is -0.970. The van der Waals surface area contributed by atoms with E-state index in [1.165, 1.54) is 4.57 Å². The third kappa shape index (κ3) is 3.67. The number of rotatable bonds is 4. The molecule has 1 N–H and O–H groups in total. The number of carbonyl (C=O) groups is 1. The molecule has 5 nitrogen and oxygen atoms in total. The van der Waals surface area contributed by atoms with Crippen LogP contribution in [0.15, 0.2) is 51.7 Å². The second-order valence-corrected chi connectivity index (χ2v) is 8.46. The lowest BCUT2D eigenvalue weighted by molar-refractivity contribution is -0.136. The molecule has 1 aliphatic heterocycles. The summed E-state index contributed by atoms with van der Waals surface area (Å²) in [5.41, 5.74) is 5.26. The van der Waals surface area contributed by atoms with E-state index in [0.29, 0.717) is 17.9 Å². The number of halogens is 1. The standard InChI is InChI=1S/C24H22BrNO4/c1-14-22(17-8-9-20-15(11-17)6-4-10-30-20)19(13-21(27)28)26(2)24(29)23(14)16-5-3-7-18(25)12-16/h3,5,7-9,11-12H,4,6,10,13H2,1-2H3,(H,27,28). The molecule has 3 aromatic rings. The van der Waals surface area contributed by atoms with E-state index >= 15 is 0 Å². The van der Waals surface area contributed by atoms with Gasteiger partial charge in [-0.3, -0.25) is 9.59 Å². The second-order valence-electron chi connectivity index (χ2n) is 7.54. The van der Waals surface area contributed by atoms with Crippen LogP contribution in [0, 0.1) is 6.92 Å². The summed E-state index contributed by atoms with van der Waals surface area (Å²) in [6.45, 7) is 2.61. The second kappa shape index (κ2) is 8.11. The van der Waals surface area contributed by atoms with Crippen LogP contribution in [0.1, 0.15) is 23.2 Å². The molecule has 0 atom stereocenters. The van der Waals surface area contributed by atoms with Gasteiger partial charge in [0.2, 0.25) is 0 Å². The van der Waals surface area contributed by atoms with E-state index in [1.807, 2.05) is 43.3 Å². The third-order valence-corrected chi connectivity index (χ3v) is 6.08. The van der Waals surface area contributed by atoms with Crippen LogP contribution in [0.25, 0.3) is 22.3 Å². The molecule has 0 spiro atoms. The van der Waals surface area contributed by atoms with Crippen LogP contribution in [-0.4, -0.2) is 22.2 Å². The summed E-state index contributed by atoms with van der Waals surface area (Å²) >= 11 is 3.48. The molecule has 1 aromatic heterocycles. The molecular weight excluding hydrogens is 446 g/mol. The number of aromatic nitrogens is 1. The fourth-order valence-electron chi connectivity index (χ4n) is 4.19. The number of aliphatic carboxylic acids is 1. The molecule has 0 bridgehead atoms. The van der Waals surface area contributed by atoms with Gasteiger partial charge in [0.1, 0.15) is 5.75 Å². The largest absolute Gasteiger partial charge is 0.493 e. The zero-order valence-corrected chi connectivity index (χ0v) is 18.5. The molecule has 1 aliphatic rings. The number of hydrogen-bond acceptors (Lipinski definition) is 3. The third-order valence-electron chi connectivity index (χ3n) is 5.59. The van der Waals surface area contributed by atoms with Crippen molar-refractivity contribution < 1.29 is 14.6 Å². The molecule has 154 valence electrons. The molecule has 0 saturated carbocycles. The number of nitrogens with zero attached hydrogens (tertiary/aromatic N) is 1. The maximum Gasteiger partial charge on any atom is 0.309 e. The average Bonchev–Trinajstić information content (AvgIpc) is 2.71. The van der Waals surface area contributed by atoms with Crippen LogP contribution in [-0.2, 0) is 24.7 Å². The predicted molar refractivity (Wildman–Crippen MR) is 120 cm³/mol. The Kier molecular flexibility index (Phi) is 5.52. The van der Waals surface area contributed by atoms with Crippen LogP contribution in [0.5, 0.6) is 5.75 Å². The lowest BCUT2D eigenvalue weighted by Gasteiger charge is -2.22. The van der Waals surface area contributed by atoms with Crippen molar-refractivity contribution in [2.75, 3.05) is 6.61 Å². The smallest absolute Gasteiger partial charge is 0.309 e. The number of pyridine rings is 1.